The van der Waals surface area contributed by atoms with Gasteiger partial charge in [-0.2, -0.15) is 0 Å². The number of unbranched alkanes of at least 4 members (excludes halogenated alkanes) is 1. The topological polar surface area (TPSA) is 137 Å². The minimum atomic E-state index is -3.14. The molecule has 4 rings (SSSR count). The number of sulfone groups is 1. The van der Waals surface area contributed by atoms with E-state index in [-0.39, 0.29) is 5.75 Å². The molecule has 0 aliphatic carbocycles. The van der Waals surface area contributed by atoms with E-state index in [1.54, 1.807) is 0 Å². The Morgan fingerprint density at radius 3 is 2.79 bits per heavy atom. The van der Waals surface area contributed by atoms with E-state index in [4.69, 9.17) is 4.98 Å². The van der Waals surface area contributed by atoms with Crippen molar-refractivity contribution in [1.29, 1.82) is 0 Å². The van der Waals surface area contributed by atoms with Crippen LogP contribution in [0.25, 0.3) is 10.9 Å². The van der Waals surface area contributed by atoms with E-state index in [0.29, 0.717) is 31.9 Å². The number of pyridine rings is 1. The quantitative estimate of drug-likeness (QED) is 0.262. The number of aromatic nitrogens is 3. The van der Waals surface area contributed by atoms with E-state index in [1.807, 2.05) is 29.2 Å². The molecule has 38 heavy (non-hydrogen) atoms. The Kier molecular flexibility index (Phi) is 9.46. The van der Waals surface area contributed by atoms with Gasteiger partial charge in [-0.3, -0.25) is 0 Å². The number of anilines is 2. The van der Waals surface area contributed by atoms with Crippen molar-refractivity contribution in [3.05, 3.63) is 54.0 Å². The van der Waals surface area contributed by atoms with Crippen LogP contribution in [0.4, 0.5) is 11.6 Å². The summed E-state index contributed by atoms with van der Waals surface area (Å²) in [5, 5.41) is 17.0. The molecule has 0 radical (unpaired) electrons. The van der Waals surface area contributed by atoms with Gasteiger partial charge in [-0.15, -0.1) is 0 Å². The highest BCUT2D eigenvalue weighted by molar-refractivity contribution is 7.90. The first-order valence-electron chi connectivity index (χ1n) is 13.1. The number of para-hydroxylation sites is 1. The molecule has 0 saturated heterocycles. The number of hydrogen-bond donors (Lipinski definition) is 3. The summed E-state index contributed by atoms with van der Waals surface area (Å²) >= 11 is 0. The fourth-order valence-corrected chi connectivity index (χ4v) is 5.22. The van der Waals surface area contributed by atoms with Crippen LogP contribution in [-0.4, -0.2) is 83.6 Å². The first-order chi connectivity index (χ1) is 18.3. The zero-order chi connectivity index (χ0) is 27.0. The third kappa shape index (κ3) is 8.09. The molecular weight excluding hydrogens is 504 g/mol. The second kappa shape index (κ2) is 13.0. The minimum absolute atomic E-state index is 0.0345. The normalized spacial score (nSPS) is 14.2. The Morgan fingerprint density at radius 2 is 1.97 bits per heavy atom. The Balaban J connectivity index is 1.33. The second-order valence-electron chi connectivity index (χ2n) is 9.83. The maximum Gasteiger partial charge on any atom is 0.326 e. The molecule has 10 nitrogen and oxygen atoms in total. The number of carboxylic acid groups (broad SMARTS) is 1. The van der Waals surface area contributed by atoms with Crippen molar-refractivity contribution in [2.45, 2.75) is 44.6 Å². The van der Waals surface area contributed by atoms with Crippen LogP contribution in [0.3, 0.4) is 0 Å². The molecule has 0 saturated carbocycles. The van der Waals surface area contributed by atoms with Crippen molar-refractivity contribution >= 4 is 38.3 Å². The Bertz CT molecular complexity index is 1350. The van der Waals surface area contributed by atoms with E-state index >= 15 is 0 Å². The van der Waals surface area contributed by atoms with Gasteiger partial charge in [0.15, 0.2) is 0 Å². The predicted octanol–water partition coefficient (Wildman–Crippen LogP) is 3.01. The molecule has 1 aliphatic rings. The monoisotopic (exact) mass is 540 g/mol. The van der Waals surface area contributed by atoms with Crippen LogP contribution in [0.15, 0.2) is 42.7 Å². The Labute approximate surface area is 223 Å². The highest BCUT2D eigenvalue weighted by atomic mass is 32.2. The van der Waals surface area contributed by atoms with E-state index in [0.717, 1.165) is 61.1 Å². The molecule has 3 N–H and O–H groups in total. The SMILES string of the molecule is CS(=O)(=O)CCN(CCCCc1ccc2c(n1)NCCC2)CC[C@H](Nc1ncnc2ccccc12)C(=O)O. The second-order valence-corrected chi connectivity index (χ2v) is 12.1. The smallest absolute Gasteiger partial charge is 0.326 e. The number of rotatable bonds is 14. The lowest BCUT2D eigenvalue weighted by molar-refractivity contribution is -0.138. The molecule has 2 aromatic heterocycles. The summed E-state index contributed by atoms with van der Waals surface area (Å²) in [5.74, 6) is 0.514. The number of nitrogens with one attached hydrogen (secondary N) is 2. The number of carboxylic acids is 1. The largest absolute Gasteiger partial charge is 0.480 e. The van der Waals surface area contributed by atoms with Crippen LogP contribution in [-0.2, 0) is 27.5 Å². The van der Waals surface area contributed by atoms with Gasteiger partial charge in [0.2, 0.25) is 0 Å². The molecule has 0 unspecified atom stereocenters. The summed E-state index contributed by atoms with van der Waals surface area (Å²) in [6, 6.07) is 10.8. The third-order valence-corrected chi connectivity index (χ3v) is 7.70. The van der Waals surface area contributed by atoms with E-state index < -0.39 is 21.8 Å². The lowest BCUT2D eigenvalue weighted by Gasteiger charge is -2.24. The summed E-state index contributed by atoms with van der Waals surface area (Å²) in [6.07, 6.45) is 7.74. The maximum absolute atomic E-state index is 12.1. The predicted molar refractivity (Wildman–Crippen MR) is 149 cm³/mol. The van der Waals surface area contributed by atoms with Crippen LogP contribution in [0.5, 0.6) is 0 Å². The maximum atomic E-state index is 12.1. The molecule has 0 amide bonds. The van der Waals surface area contributed by atoms with Crippen molar-refractivity contribution in [1.82, 2.24) is 19.9 Å². The van der Waals surface area contributed by atoms with Crippen molar-refractivity contribution in [2.24, 2.45) is 0 Å². The van der Waals surface area contributed by atoms with Gasteiger partial charge in [0.05, 0.1) is 11.3 Å². The van der Waals surface area contributed by atoms with E-state index in [2.05, 4.69) is 32.7 Å². The summed E-state index contributed by atoms with van der Waals surface area (Å²) in [5.41, 5.74) is 3.05. The van der Waals surface area contributed by atoms with Gasteiger partial charge in [0.1, 0.15) is 33.8 Å². The van der Waals surface area contributed by atoms with Crippen LogP contribution >= 0.6 is 0 Å². The number of hydrogen-bond acceptors (Lipinski definition) is 9. The van der Waals surface area contributed by atoms with Crippen LogP contribution < -0.4 is 10.6 Å². The molecule has 1 atom stereocenters. The van der Waals surface area contributed by atoms with Crippen molar-refractivity contribution in [3.63, 3.8) is 0 Å². The van der Waals surface area contributed by atoms with Gasteiger partial charge in [-0.25, -0.2) is 28.2 Å². The molecular formula is C27H36N6O4S. The van der Waals surface area contributed by atoms with Gasteiger partial charge >= 0.3 is 5.97 Å². The standard InChI is InChI=1S/C27H36N6O4S/c1-38(36,37)18-17-33(15-5-4-8-21-12-11-20-7-6-14-28-25(20)31-21)16-13-24(27(34)35)32-26-22-9-2-3-10-23(22)29-19-30-26/h2-3,9-12,19,24H,4-8,13-18H2,1H3,(H,28,31)(H,34,35)(H,29,30,32)/t24-/m0/s1. The first kappa shape index (κ1) is 27.7. The number of fused-ring (bicyclic) bond motifs is 2. The lowest BCUT2D eigenvalue weighted by atomic mass is 10.1. The summed E-state index contributed by atoms with van der Waals surface area (Å²) in [6.45, 7) is 2.45. The fourth-order valence-electron chi connectivity index (χ4n) is 4.63. The Morgan fingerprint density at radius 1 is 1.13 bits per heavy atom. The molecule has 0 fully saturated rings. The number of nitrogens with zero attached hydrogens (tertiary/aromatic N) is 4. The third-order valence-electron chi connectivity index (χ3n) is 6.77. The van der Waals surface area contributed by atoms with Crippen molar-refractivity contribution < 1.29 is 18.3 Å². The van der Waals surface area contributed by atoms with E-state index in [1.165, 1.54) is 18.1 Å². The number of aliphatic carboxylic acids is 1. The zero-order valence-electron chi connectivity index (χ0n) is 21.8. The minimum Gasteiger partial charge on any atom is -0.480 e. The average Bonchev–Trinajstić information content (AvgIpc) is 2.90. The molecule has 1 aliphatic heterocycles. The highest BCUT2D eigenvalue weighted by Crippen LogP contribution is 2.21. The molecule has 0 bridgehead atoms. The number of aryl methyl sites for hydroxylation is 2. The van der Waals surface area contributed by atoms with Gasteiger partial charge in [0, 0.05) is 37.0 Å². The van der Waals surface area contributed by atoms with Crippen molar-refractivity contribution in [2.75, 3.05) is 48.8 Å². The van der Waals surface area contributed by atoms with Gasteiger partial charge in [-0.1, -0.05) is 18.2 Å². The van der Waals surface area contributed by atoms with Crippen LogP contribution in [0, 0.1) is 0 Å². The fraction of sp³-hybridized carbons (Fsp3) is 0.481. The number of benzene rings is 1. The lowest BCUT2D eigenvalue weighted by Crippen LogP contribution is -2.37. The van der Waals surface area contributed by atoms with Crippen molar-refractivity contribution in [3.8, 4) is 0 Å². The number of carbonyl (C=O) groups is 1. The summed E-state index contributed by atoms with van der Waals surface area (Å²) in [4.78, 5) is 27.3. The molecule has 11 heteroatoms. The summed E-state index contributed by atoms with van der Waals surface area (Å²) < 4.78 is 23.6. The Hall–Kier alpha value is -3.31. The van der Waals surface area contributed by atoms with Gasteiger partial charge in [-0.05, 0) is 68.8 Å². The molecule has 3 aromatic rings. The van der Waals surface area contributed by atoms with E-state index in [9.17, 15) is 18.3 Å². The first-order valence-corrected chi connectivity index (χ1v) is 15.2. The zero-order valence-corrected chi connectivity index (χ0v) is 22.6. The highest BCUT2D eigenvalue weighted by Gasteiger charge is 2.21. The molecule has 0 spiro atoms. The van der Waals surface area contributed by atoms with Gasteiger partial charge < -0.3 is 20.6 Å². The molecule has 3 heterocycles. The van der Waals surface area contributed by atoms with Crippen LogP contribution in [0.2, 0.25) is 0 Å². The average molecular weight is 541 g/mol. The van der Waals surface area contributed by atoms with Crippen LogP contribution in [0.1, 0.15) is 36.9 Å². The molecule has 204 valence electrons. The molecule has 1 aromatic carbocycles. The van der Waals surface area contributed by atoms with Gasteiger partial charge in [0.25, 0.3) is 0 Å². The summed E-state index contributed by atoms with van der Waals surface area (Å²) in [7, 11) is -3.14.